The van der Waals surface area contributed by atoms with E-state index in [2.05, 4.69) is 4.72 Å². The fourth-order valence-corrected chi connectivity index (χ4v) is 5.11. The molecule has 1 N–H and O–H groups in total. The molecule has 0 radical (unpaired) electrons. The Morgan fingerprint density at radius 1 is 1.13 bits per heavy atom. The van der Waals surface area contributed by atoms with Crippen LogP contribution in [0.15, 0.2) is 65.7 Å². The molecule has 1 amide bonds. The molecule has 3 aromatic rings. The summed E-state index contributed by atoms with van der Waals surface area (Å²) in [7, 11) is -1.98. The van der Waals surface area contributed by atoms with Crippen molar-refractivity contribution in [1.29, 1.82) is 0 Å². The Morgan fingerprint density at radius 3 is 2.55 bits per heavy atom. The number of likely N-dealkylation sites (tertiary alicyclic amines) is 1. The molecule has 0 aliphatic carbocycles. The van der Waals surface area contributed by atoms with Crippen LogP contribution in [0.3, 0.4) is 0 Å². The van der Waals surface area contributed by atoms with E-state index in [9.17, 15) is 17.6 Å². The second kappa shape index (κ2) is 8.19. The minimum absolute atomic E-state index is 0.0135. The summed E-state index contributed by atoms with van der Waals surface area (Å²) in [5.41, 5.74) is 2.38. The van der Waals surface area contributed by atoms with Crippen LogP contribution in [0.25, 0.3) is 0 Å². The Balaban J connectivity index is 1.63. The van der Waals surface area contributed by atoms with E-state index in [0.29, 0.717) is 17.7 Å². The summed E-state index contributed by atoms with van der Waals surface area (Å²) in [6.45, 7) is 2.42. The second-order valence-electron chi connectivity index (χ2n) is 7.79. The number of aromatic nitrogens is 1. The first-order valence-corrected chi connectivity index (χ1v) is 11.6. The molecule has 162 valence electrons. The van der Waals surface area contributed by atoms with E-state index < -0.39 is 15.8 Å². The van der Waals surface area contributed by atoms with Gasteiger partial charge in [-0.1, -0.05) is 6.07 Å². The Morgan fingerprint density at radius 2 is 1.87 bits per heavy atom. The first-order valence-electron chi connectivity index (χ1n) is 10.1. The average molecular weight is 442 g/mol. The van der Waals surface area contributed by atoms with Crippen LogP contribution in [-0.4, -0.2) is 30.3 Å². The maximum atomic E-state index is 13.4. The maximum absolute atomic E-state index is 13.4. The number of aryl methyl sites for hydroxylation is 2. The third kappa shape index (κ3) is 4.20. The summed E-state index contributed by atoms with van der Waals surface area (Å²) in [6.07, 6.45) is 3.72. The number of sulfonamides is 1. The highest BCUT2D eigenvalue weighted by Gasteiger charge is 2.33. The van der Waals surface area contributed by atoms with Crippen LogP contribution >= 0.6 is 0 Å². The van der Waals surface area contributed by atoms with Gasteiger partial charge in [-0.3, -0.25) is 9.52 Å². The summed E-state index contributed by atoms with van der Waals surface area (Å²) in [4.78, 5) is 15.2. The summed E-state index contributed by atoms with van der Waals surface area (Å²) in [6, 6.07) is 13.5. The highest BCUT2D eigenvalue weighted by Crippen LogP contribution is 2.34. The SMILES string of the molecule is Cc1ccc(S(=O)(=O)Nc2ccc(F)cc2)cc1C(=O)N1CCCC1c1cccn1C. The van der Waals surface area contributed by atoms with Crippen molar-refractivity contribution in [3.8, 4) is 0 Å². The van der Waals surface area contributed by atoms with Crippen LogP contribution in [0.2, 0.25) is 0 Å². The summed E-state index contributed by atoms with van der Waals surface area (Å²) in [5.74, 6) is -0.635. The highest BCUT2D eigenvalue weighted by molar-refractivity contribution is 7.92. The molecule has 1 fully saturated rings. The molecule has 8 heteroatoms. The molecule has 4 rings (SSSR count). The lowest BCUT2D eigenvalue weighted by Gasteiger charge is -2.26. The first kappa shape index (κ1) is 21.1. The lowest BCUT2D eigenvalue weighted by molar-refractivity contribution is 0.0730. The van der Waals surface area contributed by atoms with Crippen LogP contribution < -0.4 is 4.72 Å². The van der Waals surface area contributed by atoms with Gasteiger partial charge in [-0.25, -0.2) is 12.8 Å². The van der Waals surface area contributed by atoms with Gasteiger partial charge in [0, 0.05) is 36.7 Å². The Hall–Kier alpha value is -3.13. The molecule has 1 aliphatic rings. The van der Waals surface area contributed by atoms with Crippen molar-refractivity contribution >= 4 is 21.6 Å². The largest absolute Gasteiger partial charge is 0.353 e. The van der Waals surface area contributed by atoms with Gasteiger partial charge in [-0.2, -0.15) is 0 Å². The van der Waals surface area contributed by atoms with Crippen molar-refractivity contribution in [3.63, 3.8) is 0 Å². The van der Waals surface area contributed by atoms with E-state index in [1.807, 2.05) is 34.8 Å². The van der Waals surface area contributed by atoms with Gasteiger partial charge in [-0.05, 0) is 73.9 Å². The first-order chi connectivity index (χ1) is 14.8. The molecule has 0 spiro atoms. The van der Waals surface area contributed by atoms with Gasteiger partial charge in [0.25, 0.3) is 15.9 Å². The molecule has 1 atom stereocenters. The van der Waals surface area contributed by atoms with E-state index in [-0.39, 0.29) is 22.5 Å². The summed E-state index contributed by atoms with van der Waals surface area (Å²) in [5, 5.41) is 0. The lowest BCUT2D eigenvalue weighted by atomic mass is 10.1. The van der Waals surface area contributed by atoms with Gasteiger partial charge < -0.3 is 9.47 Å². The van der Waals surface area contributed by atoms with Crippen molar-refractivity contribution in [2.24, 2.45) is 7.05 Å². The fraction of sp³-hybridized carbons (Fsp3) is 0.261. The zero-order chi connectivity index (χ0) is 22.2. The van der Waals surface area contributed by atoms with Gasteiger partial charge >= 0.3 is 0 Å². The van der Waals surface area contributed by atoms with Gasteiger partial charge in [0.1, 0.15) is 5.82 Å². The Bertz CT molecular complexity index is 1220. The average Bonchev–Trinajstić information content (AvgIpc) is 3.37. The number of nitrogens with one attached hydrogen (secondary N) is 1. The van der Waals surface area contributed by atoms with Gasteiger partial charge in [0.15, 0.2) is 0 Å². The summed E-state index contributed by atoms with van der Waals surface area (Å²) >= 11 is 0. The topological polar surface area (TPSA) is 71.4 Å². The van der Waals surface area contributed by atoms with Crippen LogP contribution in [0.4, 0.5) is 10.1 Å². The molecular weight excluding hydrogens is 417 g/mol. The number of nitrogens with zero attached hydrogens (tertiary/aromatic N) is 2. The predicted molar refractivity (Wildman–Crippen MR) is 117 cm³/mol. The van der Waals surface area contributed by atoms with Crippen LogP contribution in [0.5, 0.6) is 0 Å². The quantitative estimate of drug-likeness (QED) is 0.643. The third-order valence-corrected chi connectivity index (χ3v) is 7.06. The number of benzene rings is 2. The molecule has 0 bridgehead atoms. The van der Waals surface area contributed by atoms with Crippen molar-refractivity contribution in [2.45, 2.75) is 30.7 Å². The number of anilines is 1. The van der Waals surface area contributed by atoms with Crippen LogP contribution in [0.1, 0.15) is 40.5 Å². The normalized spacial score (nSPS) is 16.5. The number of carbonyl (C=O) groups excluding carboxylic acids is 1. The van der Waals surface area contributed by atoms with Gasteiger partial charge in [-0.15, -0.1) is 0 Å². The minimum Gasteiger partial charge on any atom is -0.353 e. The lowest BCUT2D eigenvalue weighted by Crippen LogP contribution is -2.32. The van der Waals surface area contributed by atoms with E-state index in [4.69, 9.17) is 0 Å². The zero-order valence-corrected chi connectivity index (χ0v) is 18.2. The smallest absolute Gasteiger partial charge is 0.261 e. The van der Waals surface area contributed by atoms with E-state index in [1.54, 1.807) is 13.0 Å². The van der Waals surface area contributed by atoms with Crippen molar-refractivity contribution in [1.82, 2.24) is 9.47 Å². The standard InChI is InChI=1S/C23H24FN3O3S/c1-16-7-12-19(31(29,30)25-18-10-8-17(24)9-11-18)15-20(16)23(28)27-14-4-6-22(27)21-5-3-13-26(21)2/h3,5,7-13,15,22,25H,4,6,14H2,1-2H3. The summed E-state index contributed by atoms with van der Waals surface area (Å²) < 4.78 is 43.3. The van der Waals surface area contributed by atoms with E-state index in [1.165, 1.54) is 36.4 Å². The molecular formula is C23H24FN3O3S. The Kier molecular flexibility index (Phi) is 5.58. The molecule has 2 heterocycles. The minimum atomic E-state index is -3.93. The highest BCUT2D eigenvalue weighted by atomic mass is 32.2. The van der Waals surface area contributed by atoms with E-state index >= 15 is 0 Å². The molecule has 1 aromatic heterocycles. The molecule has 31 heavy (non-hydrogen) atoms. The maximum Gasteiger partial charge on any atom is 0.261 e. The third-order valence-electron chi connectivity index (χ3n) is 5.69. The van der Waals surface area contributed by atoms with Gasteiger partial charge in [0.05, 0.1) is 10.9 Å². The number of carbonyl (C=O) groups is 1. The van der Waals surface area contributed by atoms with Crippen molar-refractivity contribution in [3.05, 3.63) is 83.4 Å². The number of hydrogen-bond donors (Lipinski definition) is 1. The fourth-order valence-electron chi connectivity index (χ4n) is 4.02. The molecule has 2 aromatic carbocycles. The molecule has 1 saturated heterocycles. The molecule has 6 nitrogen and oxygen atoms in total. The van der Waals surface area contributed by atoms with Gasteiger partial charge in [0.2, 0.25) is 0 Å². The number of halogens is 1. The molecule has 1 aliphatic heterocycles. The number of amides is 1. The molecule has 1 unspecified atom stereocenters. The van der Waals surface area contributed by atoms with Crippen molar-refractivity contribution in [2.75, 3.05) is 11.3 Å². The monoisotopic (exact) mass is 441 g/mol. The zero-order valence-electron chi connectivity index (χ0n) is 17.4. The molecule has 0 saturated carbocycles. The second-order valence-corrected chi connectivity index (χ2v) is 9.47. The van der Waals surface area contributed by atoms with Crippen LogP contribution in [-0.2, 0) is 17.1 Å². The van der Waals surface area contributed by atoms with Crippen LogP contribution in [0, 0.1) is 12.7 Å². The Labute approximate surface area is 181 Å². The van der Waals surface area contributed by atoms with Crippen molar-refractivity contribution < 1.29 is 17.6 Å². The predicted octanol–water partition coefficient (Wildman–Crippen LogP) is 4.25. The number of hydrogen-bond acceptors (Lipinski definition) is 3. The number of rotatable bonds is 5. The van der Waals surface area contributed by atoms with E-state index in [0.717, 1.165) is 18.5 Å².